The van der Waals surface area contributed by atoms with Crippen LogP contribution in [0.25, 0.3) is 21.6 Å². The Morgan fingerprint density at radius 1 is 0.951 bits per heavy atom. The normalized spacial score (nSPS) is 14.6. The van der Waals surface area contributed by atoms with Gasteiger partial charge in [0.25, 0.3) is 11.8 Å². The Morgan fingerprint density at radius 2 is 1.68 bits per heavy atom. The molecule has 0 saturated carbocycles. The number of thiophene rings is 1. The Labute approximate surface area is 246 Å². The lowest BCUT2D eigenvalue weighted by atomic mass is 9.97. The van der Waals surface area contributed by atoms with Crippen molar-refractivity contribution in [2.24, 2.45) is 7.05 Å². The zero-order valence-electron chi connectivity index (χ0n) is 24.6. The van der Waals surface area contributed by atoms with Crippen LogP contribution < -0.4 is 10.2 Å². The molecular weight excluding hydrogens is 532 g/mol. The molecule has 8 nitrogen and oxygen atoms in total. The molecule has 2 amide bonds. The highest BCUT2D eigenvalue weighted by Crippen LogP contribution is 2.34. The molecule has 2 aromatic carbocycles. The van der Waals surface area contributed by atoms with Crippen LogP contribution in [0.15, 0.2) is 60.9 Å². The molecule has 0 bridgehead atoms. The van der Waals surface area contributed by atoms with Gasteiger partial charge in [0.15, 0.2) is 0 Å². The summed E-state index contributed by atoms with van der Waals surface area (Å²) in [4.78, 5) is 34.1. The number of carbonyl (C=O) groups is 2. The van der Waals surface area contributed by atoms with Gasteiger partial charge in [-0.15, -0.1) is 11.3 Å². The second kappa shape index (κ2) is 11.9. The summed E-state index contributed by atoms with van der Waals surface area (Å²) in [5.41, 5.74) is 6.72. The first kappa shape index (κ1) is 28.6. The van der Waals surface area contributed by atoms with Crippen molar-refractivity contribution in [1.82, 2.24) is 24.9 Å². The number of rotatable bonds is 7. The quantitative estimate of drug-likeness (QED) is 0.336. The molecular formula is C32H38N6O2S. The summed E-state index contributed by atoms with van der Waals surface area (Å²) in [6.07, 6.45) is 3.82. The lowest BCUT2D eigenvalue weighted by Gasteiger charge is -2.34. The number of anilines is 1. The van der Waals surface area contributed by atoms with Crippen molar-refractivity contribution in [3.8, 4) is 21.6 Å². The molecule has 1 N–H and O–H groups in total. The van der Waals surface area contributed by atoms with E-state index in [0.29, 0.717) is 10.4 Å². The van der Waals surface area contributed by atoms with Crippen LogP contribution in [0.3, 0.4) is 0 Å². The minimum Gasteiger partial charge on any atom is -0.369 e. The third-order valence-corrected chi connectivity index (χ3v) is 8.81. The van der Waals surface area contributed by atoms with Gasteiger partial charge < -0.3 is 20.0 Å². The van der Waals surface area contributed by atoms with E-state index in [0.717, 1.165) is 64.6 Å². The molecule has 1 atom stereocenters. The van der Waals surface area contributed by atoms with Crippen LogP contribution in [-0.2, 0) is 7.05 Å². The van der Waals surface area contributed by atoms with Crippen molar-refractivity contribution in [3.63, 3.8) is 0 Å². The van der Waals surface area contributed by atoms with Gasteiger partial charge >= 0.3 is 0 Å². The van der Waals surface area contributed by atoms with Gasteiger partial charge in [0.05, 0.1) is 17.1 Å². The molecule has 2 aromatic heterocycles. The molecule has 1 fully saturated rings. The van der Waals surface area contributed by atoms with Gasteiger partial charge in [0.2, 0.25) is 0 Å². The average molecular weight is 571 g/mol. The van der Waals surface area contributed by atoms with Crippen molar-refractivity contribution < 1.29 is 9.59 Å². The molecule has 3 heterocycles. The number of amides is 2. The molecule has 1 unspecified atom stereocenters. The first-order chi connectivity index (χ1) is 19.6. The number of aromatic nitrogens is 2. The van der Waals surface area contributed by atoms with E-state index in [4.69, 9.17) is 0 Å². The van der Waals surface area contributed by atoms with E-state index >= 15 is 0 Å². The molecule has 214 valence electrons. The van der Waals surface area contributed by atoms with Crippen LogP contribution in [-0.4, -0.2) is 78.7 Å². The van der Waals surface area contributed by atoms with Gasteiger partial charge in [-0.05, 0) is 85.6 Å². The number of nitrogens with zero attached hydrogens (tertiary/aromatic N) is 5. The van der Waals surface area contributed by atoms with Crippen LogP contribution in [0, 0.1) is 6.92 Å². The molecule has 1 saturated heterocycles. The zero-order chi connectivity index (χ0) is 29.3. The summed E-state index contributed by atoms with van der Waals surface area (Å²) in [6, 6.07) is 16.1. The van der Waals surface area contributed by atoms with Gasteiger partial charge in [0, 0.05) is 75.2 Å². The van der Waals surface area contributed by atoms with Gasteiger partial charge in [0.1, 0.15) is 0 Å². The molecule has 1 aliphatic heterocycles. The highest BCUT2D eigenvalue weighted by Gasteiger charge is 2.20. The fourth-order valence-corrected chi connectivity index (χ4v) is 6.10. The molecule has 5 rings (SSSR count). The van der Waals surface area contributed by atoms with E-state index in [9.17, 15) is 9.59 Å². The third-order valence-electron chi connectivity index (χ3n) is 7.68. The largest absolute Gasteiger partial charge is 0.369 e. The summed E-state index contributed by atoms with van der Waals surface area (Å²) in [5, 5.41) is 7.61. The van der Waals surface area contributed by atoms with Crippen LogP contribution in [0.1, 0.15) is 44.1 Å². The average Bonchev–Trinajstić information content (AvgIpc) is 3.63. The molecule has 0 aliphatic carbocycles. The second-order valence-corrected chi connectivity index (χ2v) is 12.2. The highest BCUT2D eigenvalue weighted by molar-refractivity contribution is 7.17. The van der Waals surface area contributed by atoms with Crippen molar-refractivity contribution in [3.05, 3.63) is 82.5 Å². The Kier molecular flexibility index (Phi) is 8.28. The Morgan fingerprint density at radius 3 is 2.37 bits per heavy atom. The Bertz CT molecular complexity index is 1560. The van der Waals surface area contributed by atoms with Crippen LogP contribution in [0.5, 0.6) is 0 Å². The van der Waals surface area contributed by atoms with Gasteiger partial charge in [-0.2, -0.15) is 5.10 Å². The number of nitrogens with one attached hydrogen (secondary N) is 1. The van der Waals surface area contributed by atoms with E-state index in [1.165, 1.54) is 11.3 Å². The number of piperazine rings is 1. The fourth-order valence-electron chi connectivity index (χ4n) is 5.08. The standard InChI is InChI=1S/C32H38N6O2S/c1-21-7-8-27(38-13-11-36(5)12-14-38)18-28(21)31(39)34-22(2)23-15-24(26-19-33-37(6)20-26)17-25(16-23)29-9-10-30(41-29)32(40)35(3)4/h7-10,15-20,22H,11-14H2,1-6H3,(H,34,39). The maximum atomic E-state index is 13.6. The van der Waals surface area contributed by atoms with Crippen LogP contribution >= 0.6 is 11.3 Å². The number of benzene rings is 2. The van der Waals surface area contributed by atoms with Crippen molar-refractivity contribution >= 4 is 28.8 Å². The molecule has 0 radical (unpaired) electrons. The molecule has 4 aromatic rings. The summed E-state index contributed by atoms with van der Waals surface area (Å²) in [5.74, 6) is -0.103. The van der Waals surface area contributed by atoms with E-state index < -0.39 is 0 Å². The molecule has 1 aliphatic rings. The zero-order valence-corrected chi connectivity index (χ0v) is 25.5. The second-order valence-electron chi connectivity index (χ2n) is 11.1. The molecule has 41 heavy (non-hydrogen) atoms. The predicted molar refractivity (Wildman–Crippen MR) is 167 cm³/mol. The number of hydrogen-bond donors (Lipinski definition) is 1. The first-order valence-corrected chi connectivity index (χ1v) is 14.7. The maximum Gasteiger partial charge on any atom is 0.263 e. The number of hydrogen-bond acceptors (Lipinski definition) is 6. The first-order valence-electron chi connectivity index (χ1n) is 13.9. The van der Waals surface area contributed by atoms with Gasteiger partial charge in [-0.1, -0.05) is 6.07 Å². The summed E-state index contributed by atoms with van der Waals surface area (Å²) < 4.78 is 1.78. The monoisotopic (exact) mass is 570 g/mol. The number of aryl methyl sites for hydroxylation is 2. The van der Waals surface area contributed by atoms with Crippen LogP contribution in [0.4, 0.5) is 5.69 Å². The van der Waals surface area contributed by atoms with Crippen molar-refractivity contribution in [2.45, 2.75) is 19.9 Å². The summed E-state index contributed by atoms with van der Waals surface area (Å²) >= 11 is 1.47. The van der Waals surface area contributed by atoms with E-state index in [1.807, 2.05) is 57.6 Å². The Balaban J connectivity index is 1.44. The van der Waals surface area contributed by atoms with E-state index in [-0.39, 0.29) is 17.9 Å². The van der Waals surface area contributed by atoms with Gasteiger partial charge in [-0.3, -0.25) is 14.3 Å². The van der Waals surface area contributed by atoms with Crippen molar-refractivity contribution in [1.29, 1.82) is 0 Å². The number of likely N-dealkylation sites (N-methyl/N-ethyl adjacent to an activating group) is 1. The predicted octanol–water partition coefficient (Wildman–Crippen LogP) is 5.07. The summed E-state index contributed by atoms with van der Waals surface area (Å²) in [7, 11) is 7.56. The van der Waals surface area contributed by atoms with Crippen LogP contribution in [0.2, 0.25) is 0 Å². The number of carbonyl (C=O) groups excluding carboxylic acids is 2. The minimum atomic E-state index is -0.243. The SMILES string of the molecule is Cc1ccc(N2CCN(C)CC2)cc1C(=O)NC(C)c1cc(-c2cnn(C)c2)cc(-c2ccc(C(=O)N(C)C)s2)c1. The smallest absolute Gasteiger partial charge is 0.263 e. The van der Waals surface area contributed by atoms with E-state index in [1.54, 1.807) is 23.7 Å². The van der Waals surface area contributed by atoms with Crippen molar-refractivity contribution in [2.75, 3.05) is 52.2 Å². The molecule has 9 heteroatoms. The fraction of sp³-hybridized carbons (Fsp3) is 0.344. The Hall–Kier alpha value is -3.95. The third kappa shape index (κ3) is 6.36. The van der Waals surface area contributed by atoms with Gasteiger partial charge in [-0.25, -0.2) is 0 Å². The van der Waals surface area contributed by atoms with E-state index in [2.05, 4.69) is 51.5 Å². The molecule has 0 spiro atoms. The highest BCUT2D eigenvalue weighted by atomic mass is 32.1. The summed E-state index contributed by atoms with van der Waals surface area (Å²) in [6.45, 7) is 7.92. The maximum absolute atomic E-state index is 13.6. The topological polar surface area (TPSA) is 73.7 Å². The lowest BCUT2D eigenvalue weighted by molar-refractivity contribution is 0.0831. The lowest BCUT2D eigenvalue weighted by Crippen LogP contribution is -2.44. The minimum absolute atomic E-state index is 0.0142.